The van der Waals surface area contributed by atoms with Crippen LogP contribution in [0.15, 0.2) is 47.4 Å². The number of hydrogen-bond donors (Lipinski definition) is 2. The Kier molecular flexibility index (Phi) is 4.10. The summed E-state index contributed by atoms with van der Waals surface area (Å²) in [5.74, 6) is -0.790. The van der Waals surface area contributed by atoms with Gasteiger partial charge in [-0.1, -0.05) is 18.2 Å². The average Bonchev–Trinajstić information content (AvgIpc) is 2.44. The fourth-order valence-corrected chi connectivity index (χ4v) is 2.94. The maximum atomic E-state index is 13.3. The second kappa shape index (κ2) is 5.81. The van der Waals surface area contributed by atoms with Gasteiger partial charge in [0.15, 0.2) is 0 Å². The molecule has 2 aromatic rings. The van der Waals surface area contributed by atoms with E-state index in [0.717, 1.165) is 11.6 Å². The zero-order chi connectivity index (χ0) is 15.5. The van der Waals surface area contributed by atoms with Crippen LogP contribution < -0.4 is 10.5 Å². The maximum Gasteiger partial charge on any atom is 0.264 e. The summed E-state index contributed by atoms with van der Waals surface area (Å²) in [7, 11) is -3.97. The normalized spacial score (nSPS) is 10.9. The van der Waals surface area contributed by atoms with Gasteiger partial charge in [0, 0.05) is 5.69 Å². The highest BCUT2D eigenvalue weighted by Crippen LogP contribution is 2.23. The van der Waals surface area contributed by atoms with E-state index in [0.29, 0.717) is 5.69 Å². The quantitative estimate of drug-likeness (QED) is 0.847. The molecule has 7 heteroatoms. The van der Waals surface area contributed by atoms with Gasteiger partial charge < -0.3 is 5.73 Å². The Bertz CT molecular complexity index is 796. The van der Waals surface area contributed by atoms with Crippen molar-refractivity contribution in [1.29, 1.82) is 5.26 Å². The van der Waals surface area contributed by atoms with Crippen LogP contribution in [0.4, 0.5) is 15.8 Å². The summed E-state index contributed by atoms with van der Waals surface area (Å²) in [4.78, 5) is -0.316. The zero-order valence-electron chi connectivity index (χ0n) is 10.9. The molecule has 0 aromatic heterocycles. The molecular formula is C14H12FN3O2S. The Hall–Kier alpha value is -2.59. The van der Waals surface area contributed by atoms with Crippen LogP contribution in [0, 0.1) is 17.1 Å². The monoisotopic (exact) mass is 305 g/mol. The van der Waals surface area contributed by atoms with Crippen LogP contribution in [0.5, 0.6) is 0 Å². The Morgan fingerprint density at radius 3 is 2.48 bits per heavy atom. The summed E-state index contributed by atoms with van der Waals surface area (Å²) in [5, 5.41) is 8.57. The summed E-state index contributed by atoms with van der Waals surface area (Å²) in [6, 6.07) is 11.9. The molecule has 5 nitrogen and oxygen atoms in total. The minimum absolute atomic E-state index is 0.240. The summed E-state index contributed by atoms with van der Waals surface area (Å²) in [5.41, 5.74) is 6.11. The van der Waals surface area contributed by atoms with Crippen LogP contribution in [0.1, 0.15) is 5.56 Å². The van der Waals surface area contributed by atoms with Gasteiger partial charge in [-0.25, -0.2) is 12.8 Å². The van der Waals surface area contributed by atoms with Crippen LogP contribution in [-0.4, -0.2) is 8.42 Å². The maximum absolute atomic E-state index is 13.3. The number of para-hydroxylation sites is 1. The lowest BCUT2D eigenvalue weighted by atomic mass is 10.1. The molecule has 0 aliphatic carbocycles. The van der Waals surface area contributed by atoms with Crippen molar-refractivity contribution in [2.75, 3.05) is 10.5 Å². The smallest absolute Gasteiger partial charge is 0.264 e. The van der Waals surface area contributed by atoms with E-state index in [9.17, 15) is 12.8 Å². The zero-order valence-corrected chi connectivity index (χ0v) is 11.7. The summed E-state index contributed by atoms with van der Waals surface area (Å²) < 4.78 is 40.0. The third kappa shape index (κ3) is 3.30. The van der Waals surface area contributed by atoms with E-state index in [2.05, 4.69) is 4.72 Å². The van der Waals surface area contributed by atoms with Gasteiger partial charge in [0.2, 0.25) is 0 Å². The third-order valence-electron chi connectivity index (χ3n) is 2.79. The van der Waals surface area contributed by atoms with Crippen molar-refractivity contribution in [1.82, 2.24) is 0 Å². The molecule has 0 aliphatic rings. The van der Waals surface area contributed by atoms with E-state index in [1.807, 2.05) is 6.07 Å². The fraction of sp³-hybridized carbons (Fsp3) is 0.0714. The number of sulfonamides is 1. The number of nitriles is 1. The standard InChI is InChI=1S/C14H12FN3O2S/c15-12-2-1-3-13(14(12)17)21(19,20)18-11-6-4-10(5-7-11)8-9-16/h1-7,18H,8,17H2. The predicted molar refractivity (Wildman–Crippen MR) is 77.4 cm³/mol. The first-order chi connectivity index (χ1) is 9.94. The SMILES string of the molecule is N#CCc1ccc(NS(=O)(=O)c2cccc(F)c2N)cc1. The van der Waals surface area contributed by atoms with Crippen molar-refractivity contribution in [3.63, 3.8) is 0 Å². The largest absolute Gasteiger partial charge is 0.395 e. The molecule has 0 spiro atoms. The van der Waals surface area contributed by atoms with E-state index in [1.165, 1.54) is 24.3 Å². The van der Waals surface area contributed by atoms with Crippen molar-refractivity contribution in [3.8, 4) is 6.07 Å². The number of nitrogen functional groups attached to an aromatic ring is 1. The van der Waals surface area contributed by atoms with Gasteiger partial charge in [-0.3, -0.25) is 4.72 Å². The molecule has 0 amide bonds. The molecule has 21 heavy (non-hydrogen) atoms. The molecule has 0 bridgehead atoms. The van der Waals surface area contributed by atoms with Crippen molar-refractivity contribution >= 4 is 21.4 Å². The molecule has 0 aliphatic heterocycles. The second-order valence-electron chi connectivity index (χ2n) is 4.29. The highest BCUT2D eigenvalue weighted by atomic mass is 32.2. The number of rotatable bonds is 4. The Balaban J connectivity index is 2.29. The van der Waals surface area contributed by atoms with Crippen molar-refractivity contribution < 1.29 is 12.8 Å². The molecule has 0 atom stereocenters. The third-order valence-corrected chi connectivity index (χ3v) is 4.23. The Morgan fingerprint density at radius 1 is 1.19 bits per heavy atom. The first-order valence-corrected chi connectivity index (χ1v) is 7.45. The summed E-state index contributed by atoms with van der Waals surface area (Å²) in [6.45, 7) is 0. The predicted octanol–water partition coefficient (Wildman–Crippen LogP) is 2.27. The van der Waals surface area contributed by atoms with Gasteiger partial charge in [0.1, 0.15) is 10.7 Å². The second-order valence-corrected chi connectivity index (χ2v) is 5.94. The summed E-state index contributed by atoms with van der Waals surface area (Å²) >= 11 is 0. The van der Waals surface area contributed by atoms with Crippen molar-refractivity contribution in [2.24, 2.45) is 0 Å². The molecule has 2 aromatic carbocycles. The average molecular weight is 305 g/mol. The van der Waals surface area contributed by atoms with Gasteiger partial charge in [-0.05, 0) is 29.8 Å². The van der Waals surface area contributed by atoms with Gasteiger partial charge in [-0.15, -0.1) is 0 Å². The molecule has 0 fully saturated rings. The van der Waals surface area contributed by atoms with E-state index >= 15 is 0 Å². The lowest BCUT2D eigenvalue weighted by Crippen LogP contribution is -2.15. The molecule has 0 unspecified atom stereocenters. The first kappa shape index (κ1) is 14.8. The molecule has 0 saturated heterocycles. The number of hydrogen-bond acceptors (Lipinski definition) is 4. The highest BCUT2D eigenvalue weighted by Gasteiger charge is 2.19. The van der Waals surface area contributed by atoms with Crippen LogP contribution in [0.25, 0.3) is 0 Å². The molecule has 0 heterocycles. The number of anilines is 2. The molecule has 2 rings (SSSR count). The Labute approximate surface area is 121 Å². The van der Waals surface area contributed by atoms with E-state index in [4.69, 9.17) is 11.0 Å². The van der Waals surface area contributed by atoms with Crippen molar-refractivity contribution in [3.05, 3.63) is 53.8 Å². The Morgan fingerprint density at radius 2 is 1.86 bits per heavy atom. The molecular weight excluding hydrogens is 293 g/mol. The number of nitrogens with two attached hydrogens (primary N) is 1. The van der Waals surface area contributed by atoms with Gasteiger partial charge in [0.25, 0.3) is 10.0 Å². The summed E-state index contributed by atoms with van der Waals surface area (Å²) in [6.07, 6.45) is 0.240. The number of nitrogens with zero attached hydrogens (tertiary/aromatic N) is 1. The highest BCUT2D eigenvalue weighted by molar-refractivity contribution is 7.92. The minimum atomic E-state index is -3.97. The van der Waals surface area contributed by atoms with Crippen LogP contribution in [-0.2, 0) is 16.4 Å². The lowest BCUT2D eigenvalue weighted by Gasteiger charge is -2.10. The topological polar surface area (TPSA) is 96.0 Å². The van der Waals surface area contributed by atoms with Gasteiger partial charge >= 0.3 is 0 Å². The van der Waals surface area contributed by atoms with Crippen LogP contribution in [0.2, 0.25) is 0 Å². The first-order valence-electron chi connectivity index (χ1n) is 5.97. The van der Waals surface area contributed by atoms with Gasteiger partial charge in [-0.2, -0.15) is 5.26 Å². The van der Waals surface area contributed by atoms with Gasteiger partial charge in [0.05, 0.1) is 18.2 Å². The van der Waals surface area contributed by atoms with Crippen LogP contribution >= 0.6 is 0 Å². The fourth-order valence-electron chi connectivity index (χ4n) is 1.74. The molecule has 0 saturated carbocycles. The minimum Gasteiger partial charge on any atom is -0.395 e. The van der Waals surface area contributed by atoms with Crippen LogP contribution in [0.3, 0.4) is 0 Å². The van der Waals surface area contributed by atoms with E-state index in [1.54, 1.807) is 12.1 Å². The molecule has 0 radical (unpaired) electrons. The lowest BCUT2D eigenvalue weighted by molar-refractivity contribution is 0.597. The number of halogens is 1. The van der Waals surface area contributed by atoms with Crippen molar-refractivity contribution in [2.45, 2.75) is 11.3 Å². The number of benzene rings is 2. The molecule has 3 N–H and O–H groups in total. The molecule has 108 valence electrons. The van der Waals surface area contributed by atoms with E-state index < -0.39 is 21.5 Å². The number of nitrogens with one attached hydrogen (secondary N) is 1. The van der Waals surface area contributed by atoms with E-state index in [-0.39, 0.29) is 11.3 Å².